The standard InChI is InChI=1S/C9H16FNO/c10-8(9(11)12)7-5-3-1-2-4-6-7/h7-8H,1-6H2,(H2,11,12). The molecule has 1 aliphatic carbocycles. The van der Waals surface area contributed by atoms with Crippen LogP contribution in [0.15, 0.2) is 0 Å². The van der Waals surface area contributed by atoms with Crippen molar-refractivity contribution in [2.45, 2.75) is 44.7 Å². The predicted octanol–water partition coefficient (Wildman–Crippen LogP) is 1.78. The van der Waals surface area contributed by atoms with Gasteiger partial charge in [-0.2, -0.15) is 0 Å². The molecule has 1 saturated carbocycles. The van der Waals surface area contributed by atoms with Crippen LogP contribution in [0.1, 0.15) is 38.5 Å². The third-order valence-electron chi connectivity index (χ3n) is 2.59. The number of rotatable bonds is 2. The maximum atomic E-state index is 13.1. The lowest BCUT2D eigenvalue weighted by atomic mass is 9.95. The minimum absolute atomic E-state index is 0.106. The highest BCUT2D eigenvalue weighted by Crippen LogP contribution is 2.26. The van der Waals surface area contributed by atoms with E-state index in [4.69, 9.17) is 5.73 Å². The Kier molecular flexibility index (Phi) is 3.50. The van der Waals surface area contributed by atoms with Crippen molar-refractivity contribution in [1.29, 1.82) is 0 Å². The Morgan fingerprint density at radius 2 is 1.75 bits per heavy atom. The number of halogens is 1. The average molecular weight is 173 g/mol. The van der Waals surface area contributed by atoms with Crippen LogP contribution in [0, 0.1) is 5.92 Å². The molecule has 0 radical (unpaired) electrons. The van der Waals surface area contributed by atoms with Crippen LogP contribution in [-0.4, -0.2) is 12.1 Å². The van der Waals surface area contributed by atoms with Crippen LogP contribution in [0.5, 0.6) is 0 Å². The fourth-order valence-electron chi connectivity index (χ4n) is 1.84. The maximum absolute atomic E-state index is 13.1. The van der Waals surface area contributed by atoms with E-state index in [1.807, 2.05) is 0 Å². The molecule has 0 aromatic heterocycles. The number of carbonyl (C=O) groups is 1. The summed E-state index contributed by atoms with van der Waals surface area (Å²) in [6, 6.07) is 0. The van der Waals surface area contributed by atoms with E-state index in [0.717, 1.165) is 25.7 Å². The first-order valence-corrected chi connectivity index (χ1v) is 4.65. The first-order chi connectivity index (χ1) is 5.72. The Hall–Kier alpha value is -0.600. The molecule has 2 N–H and O–H groups in total. The van der Waals surface area contributed by atoms with Crippen LogP contribution in [0.4, 0.5) is 4.39 Å². The number of hydrogen-bond acceptors (Lipinski definition) is 1. The first kappa shape index (κ1) is 9.49. The highest BCUT2D eigenvalue weighted by Gasteiger charge is 2.26. The number of hydrogen-bond donors (Lipinski definition) is 1. The molecule has 1 unspecified atom stereocenters. The molecular formula is C9H16FNO. The van der Waals surface area contributed by atoms with Crippen LogP contribution >= 0.6 is 0 Å². The fourth-order valence-corrected chi connectivity index (χ4v) is 1.84. The van der Waals surface area contributed by atoms with E-state index in [1.165, 1.54) is 12.8 Å². The molecule has 1 amide bonds. The van der Waals surface area contributed by atoms with Crippen molar-refractivity contribution in [1.82, 2.24) is 0 Å². The zero-order chi connectivity index (χ0) is 8.97. The average Bonchev–Trinajstić information content (AvgIpc) is 2.30. The van der Waals surface area contributed by atoms with Gasteiger partial charge in [0.05, 0.1) is 0 Å². The minimum Gasteiger partial charge on any atom is -0.367 e. The van der Waals surface area contributed by atoms with Crippen LogP contribution in [0.2, 0.25) is 0 Å². The van der Waals surface area contributed by atoms with E-state index in [9.17, 15) is 9.18 Å². The molecular weight excluding hydrogens is 157 g/mol. The number of carbonyl (C=O) groups excluding carboxylic acids is 1. The number of amides is 1. The SMILES string of the molecule is NC(=O)C(F)C1CCCCCC1. The van der Waals surface area contributed by atoms with Gasteiger partial charge in [0.25, 0.3) is 5.91 Å². The second-order valence-corrected chi connectivity index (χ2v) is 3.56. The summed E-state index contributed by atoms with van der Waals surface area (Å²) in [5.74, 6) is -0.896. The molecule has 1 atom stereocenters. The van der Waals surface area contributed by atoms with Crippen molar-refractivity contribution < 1.29 is 9.18 Å². The zero-order valence-corrected chi connectivity index (χ0v) is 7.26. The van der Waals surface area contributed by atoms with Crippen LogP contribution in [-0.2, 0) is 4.79 Å². The summed E-state index contributed by atoms with van der Waals surface area (Å²) in [6.07, 6.45) is 4.65. The van der Waals surface area contributed by atoms with Gasteiger partial charge in [0.15, 0.2) is 6.17 Å². The molecule has 0 saturated heterocycles. The maximum Gasteiger partial charge on any atom is 0.252 e. The van der Waals surface area contributed by atoms with E-state index < -0.39 is 12.1 Å². The van der Waals surface area contributed by atoms with Crippen LogP contribution in [0.3, 0.4) is 0 Å². The van der Waals surface area contributed by atoms with Crippen LogP contribution < -0.4 is 5.73 Å². The second-order valence-electron chi connectivity index (χ2n) is 3.56. The van der Waals surface area contributed by atoms with Gasteiger partial charge in [-0.3, -0.25) is 4.79 Å². The summed E-state index contributed by atoms with van der Waals surface area (Å²) in [5.41, 5.74) is 4.90. The van der Waals surface area contributed by atoms with Gasteiger partial charge in [0.1, 0.15) is 0 Å². The van der Waals surface area contributed by atoms with Crippen molar-refractivity contribution in [3.05, 3.63) is 0 Å². The zero-order valence-electron chi connectivity index (χ0n) is 7.26. The molecule has 2 nitrogen and oxygen atoms in total. The molecule has 0 bridgehead atoms. The molecule has 12 heavy (non-hydrogen) atoms. The lowest BCUT2D eigenvalue weighted by molar-refractivity contribution is -0.124. The quantitative estimate of drug-likeness (QED) is 0.635. The van der Waals surface area contributed by atoms with Gasteiger partial charge in [0.2, 0.25) is 0 Å². The molecule has 0 aromatic carbocycles. The molecule has 0 spiro atoms. The van der Waals surface area contributed by atoms with Crippen molar-refractivity contribution in [3.63, 3.8) is 0 Å². The van der Waals surface area contributed by atoms with Crippen molar-refractivity contribution in [2.75, 3.05) is 0 Å². The van der Waals surface area contributed by atoms with Gasteiger partial charge >= 0.3 is 0 Å². The highest BCUT2D eigenvalue weighted by molar-refractivity contribution is 5.78. The molecule has 0 heterocycles. The Bertz CT molecular complexity index is 153. The third kappa shape index (κ3) is 2.47. The lowest BCUT2D eigenvalue weighted by Gasteiger charge is -2.15. The van der Waals surface area contributed by atoms with E-state index in [2.05, 4.69) is 0 Å². The van der Waals surface area contributed by atoms with Gasteiger partial charge in [0, 0.05) is 0 Å². The van der Waals surface area contributed by atoms with Gasteiger partial charge < -0.3 is 5.73 Å². The van der Waals surface area contributed by atoms with Gasteiger partial charge in [-0.1, -0.05) is 25.7 Å². The van der Waals surface area contributed by atoms with E-state index >= 15 is 0 Å². The van der Waals surface area contributed by atoms with E-state index in [0.29, 0.717) is 0 Å². The molecule has 1 rings (SSSR count). The predicted molar refractivity (Wildman–Crippen MR) is 45.3 cm³/mol. The molecule has 1 aliphatic rings. The number of alkyl halides is 1. The smallest absolute Gasteiger partial charge is 0.252 e. The highest BCUT2D eigenvalue weighted by atomic mass is 19.1. The Morgan fingerprint density at radius 3 is 2.17 bits per heavy atom. The molecule has 0 aliphatic heterocycles. The normalized spacial score (nSPS) is 23.1. The van der Waals surface area contributed by atoms with E-state index in [-0.39, 0.29) is 5.92 Å². The first-order valence-electron chi connectivity index (χ1n) is 4.65. The van der Waals surface area contributed by atoms with E-state index in [1.54, 1.807) is 0 Å². The molecule has 1 fully saturated rings. The lowest BCUT2D eigenvalue weighted by Crippen LogP contribution is -2.31. The molecule has 70 valence electrons. The topological polar surface area (TPSA) is 43.1 Å². The number of primary amides is 1. The summed E-state index contributed by atoms with van der Waals surface area (Å²) in [7, 11) is 0. The van der Waals surface area contributed by atoms with Gasteiger partial charge in [-0.05, 0) is 18.8 Å². The molecule has 3 heteroatoms. The van der Waals surface area contributed by atoms with Crippen molar-refractivity contribution in [3.8, 4) is 0 Å². The van der Waals surface area contributed by atoms with Gasteiger partial charge in [-0.25, -0.2) is 4.39 Å². The minimum atomic E-state index is -1.41. The Labute approximate surface area is 72.3 Å². The number of nitrogens with two attached hydrogens (primary N) is 1. The summed E-state index contributed by atoms with van der Waals surface area (Å²) in [4.78, 5) is 10.6. The monoisotopic (exact) mass is 173 g/mol. The van der Waals surface area contributed by atoms with Crippen molar-refractivity contribution in [2.24, 2.45) is 11.7 Å². The summed E-state index contributed by atoms with van der Waals surface area (Å²) < 4.78 is 13.1. The Balaban J connectivity index is 2.42. The summed E-state index contributed by atoms with van der Waals surface area (Å²) in [6.45, 7) is 0. The largest absolute Gasteiger partial charge is 0.367 e. The third-order valence-corrected chi connectivity index (χ3v) is 2.59. The summed E-state index contributed by atoms with van der Waals surface area (Å²) >= 11 is 0. The fraction of sp³-hybridized carbons (Fsp3) is 0.889. The van der Waals surface area contributed by atoms with Crippen molar-refractivity contribution >= 4 is 5.91 Å². The van der Waals surface area contributed by atoms with Crippen LogP contribution in [0.25, 0.3) is 0 Å². The molecule has 0 aromatic rings. The van der Waals surface area contributed by atoms with Gasteiger partial charge in [-0.15, -0.1) is 0 Å². The summed E-state index contributed by atoms with van der Waals surface area (Å²) in [5, 5.41) is 0. The Morgan fingerprint density at radius 1 is 1.25 bits per heavy atom. The second kappa shape index (κ2) is 4.43.